The van der Waals surface area contributed by atoms with Gasteiger partial charge in [0.2, 0.25) is 0 Å². The Morgan fingerprint density at radius 3 is 2.50 bits per heavy atom. The van der Waals surface area contributed by atoms with Crippen molar-refractivity contribution in [2.45, 2.75) is 76.8 Å². The van der Waals surface area contributed by atoms with Crippen LogP contribution in [0.4, 0.5) is 0 Å². The Bertz CT molecular complexity index is 356. The Morgan fingerprint density at radius 2 is 1.78 bits per heavy atom. The maximum atomic E-state index is 10.4. The van der Waals surface area contributed by atoms with Crippen molar-refractivity contribution in [1.82, 2.24) is 0 Å². The van der Waals surface area contributed by atoms with Gasteiger partial charge in [0.25, 0.3) is 0 Å². The zero-order valence-electron chi connectivity index (χ0n) is 11.5. The summed E-state index contributed by atoms with van der Waals surface area (Å²) in [4.78, 5) is 11.0. The molecule has 0 amide bonds. The number of aliphatic hydroxyl groups is 2. The first-order valence-corrected chi connectivity index (χ1v) is 7.03. The van der Waals surface area contributed by atoms with E-state index >= 15 is 0 Å². The summed E-state index contributed by atoms with van der Waals surface area (Å²) in [6.07, 6.45) is 3.01. The van der Waals surface area contributed by atoms with Gasteiger partial charge in [0.1, 0.15) is 11.7 Å². The number of fused-ring (bicyclic) bond motifs is 1. The van der Waals surface area contributed by atoms with Gasteiger partial charge in [-0.2, -0.15) is 0 Å². The van der Waals surface area contributed by atoms with Gasteiger partial charge in [-0.15, -0.1) is 0 Å². The average Bonchev–Trinajstić information content (AvgIpc) is 2.33. The summed E-state index contributed by atoms with van der Waals surface area (Å²) in [5.41, 5.74) is -0.644. The third-order valence-corrected chi connectivity index (χ3v) is 6.11. The van der Waals surface area contributed by atoms with E-state index < -0.39 is 17.8 Å². The van der Waals surface area contributed by atoms with Crippen LogP contribution < -0.4 is 0 Å². The topological polar surface area (TPSA) is 58.9 Å². The van der Waals surface area contributed by atoms with Crippen molar-refractivity contribution >= 4 is 0 Å². The summed E-state index contributed by atoms with van der Waals surface area (Å²) in [6, 6.07) is 0. The van der Waals surface area contributed by atoms with E-state index in [1.165, 1.54) is 0 Å². The summed E-state index contributed by atoms with van der Waals surface area (Å²) < 4.78 is 0. The van der Waals surface area contributed by atoms with Gasteiger partial charge in [-0.25, -0.2) is 9.78 Å². The first-order valence-electron chi connectivity index (χ1n) is 7.03. The molecule has 4 heteroatoms. The van der Waals surface area contributed by atoms with Crippen LogP contribution in [0.25, 0.3) is 0 Å². The highest BCUT2D eigenvalue weighted by atomic mass is 17.2. The summed E-state index contributed by atoms with van der Waals surface area (Å²) in [5, 5.41) is 20.4. The molecule has 0 aromatic carbocycles. The molecule has 1 spiro atoms. The van der Waals surface area contributed by atoms with Crippen LogP contribution in [0.3, 0.4) is 0 Å². The summed E-state index contributed by atoms with van der Waals surface area (Å²) >= 11 is 0. The van der Waals surface area contributed by atoms with Gasteiger partial charge in [-0.3, -0.25) is 0 Å². The van der Waals surface area contributed by atoms with Crippen LogP contribution in [-0.2, 0) is 9.78 Å². The Morgan fingerprint density at radius 1 is 1.06 bits per heavy atom. The van der Waals surface area contributed by atoms with Crippen molar-refractivity contribution in [3.05, 3.63) is 0 Å². The van der Waals surface area contributed by atoms with E-state index in [9.17, 15) is 10.2 Å². The van der Waals surface area contributed by atoms with Crippen LogP contribution in [0, 0.1) is 10.8 Å². The predicted octanol–water partition coefficient (Wildman–Crippen LogP) is 1.79. The van der Waals surface area contributed by atoms with Gasteiger partial charge in [0, 0.05) is 5.41 Å². The minimum atomic E-state index is -0.647. The maximum absolute atomic E-state index is 10.4. The fourth-order valence-electron chi connectivity index (χ4n) is 4.63. The molecule has 0 radical (unpaired) electrons. The highest BCUT2D eigenvalue weighted by molar-refractivity contribution is 5.15. The minimum Gasteiger partial charge on any atom is -0.390 e. The minimum absolute atomic E-state index is 0.0974. The maximum Gasteiger partial charge on any atom is 0.133 e. The average molecular weight is 256 g/mol. The molecular formula is C14H24O4. The molecular weight excluding hydrogens is 232 g/mol. The van der Waals surface area contributed by atoms with E-state index in [0.29, 0.717) is 0 Å². The van der Waals surface area contributed by atoms with Crippen LogP contribution in [0.15, 0.2) is 0 Å². The number of aliphatic hydroxyl groups excluding tert-OH is 2. The number of hydrogen-bond donors (Lipinski definition) is 2. The first kappa shape index (κ1) is 12.9. The smallest absolute Gasteiger partial charge is 0.133 e. The molecule has 104 valence electrons. The van der Waals surface area contributed by atoms with Crippen molar-refractivity contribution in [1.29, 1.82) is 0 Å². The van der Waals surface area contributed by atoms with Crippen LogP contribution >= 0.6 is 0 Å². The Hall–Kier alpha value is -0.160. The van der Waals surface area contributed by atoms with Crippen LogP contribution in [0.2, 0.25) is 0 Å². The van der Waals surface area contributed by atoms with Crippen molar-refractivity contribution in [3.8, 4) is 0 Å². The lowest BCUT2D eigenvalue weighted by Crippen LogP contribution is -2.71. The lowest BCUT2D eigenvalue weighted by molar-refractivity contribution is -0.485. The summed E-state index contributed by atoms with van der Waals surface area (Å²) in [5.74, 6) is 0. The molecule has 1 saturated heterocycles. The Kier molecular flexibility index (Phi) is 2.63. The zero-order valence-corrected chi connectivity index (χ0v) is 11.5. The third-order valence-electron chi connectivity index (χ3n) is 6.11. The van der Waals surface area contributed by atoms with Crippen molar-refractivity contribution in [3.63, 3.8) is 0 Å². The molecule has 5 atom stereocenters. The molecule has 2 N–H and O–H groups in total. The first-order chi connectivity index (χ1) is 8.32. The highest BCUT2D eigenvalue weighted by Crippen LogP contribution is 2.65. The second kappa shape index (κ2) is 3.69. The van der Waals surface area contributed by atoms with E-state index in [2.05, 4.69) is 13.8 Å². The molecule has 0 aromatic heterocycles. The van der Waals surface area contributed by atoms with Gasteiger partial charge in [0.05, 0.1) is 12.2 Å². The fraction of sp³-hybridized carbons (Fsp3) is 1.00. The van der Waals surface area contributed by atoms with E-state index in [0.717, 1.165) is 32.1 Å². The van der Waals surface area contributed by atoms with Gasteiger partial charge in [0.15, 0.2) is 0 Å². The zero-order chi connectivity index (χ0) is 13.2. The van der Waals surface area contributed by atoms with Crippen molar-refractivity contribution in [2.24, 2.45) is 10.8 Å². The fourth-order valence-corrected chi connectivity index (χ4v) is 4.63. The van der Waals surface area contributed by atoms with E-state index in [1.807, 2.05) is 6.92 Å². The molecule has 1 aliphatic heterocycles. The Balaban J connectivity index is 2.06. The van der Waals surface area contributed by atoms with Crippen molar-refractivity contribution in [2.75, 3.05) is 0 Å². The predicted molar refractivity (Wildman–Crippen MR) is 65.7 cm³/mol. The molecule has 4 nitrogen and oxygen atoms in total. The van der Waals surface area contributed by atoms with E-state index in [4.69, 9.17) is 9.78 Å². The largest absolute Gasteiger partial charge is 0.390 e. The number of rotatable bonds is 0. The molecule has 0 unspecified atom stereocenters. The highest BCUT2D eigenvalue weighted by Gasteiger charge is 2.68. The molecule has 18 heavy (non-hydrogen) atoms. The molecule has 2 aliphatic carbocycles. The lowest BCUT2D eigenvalue weighted by atomic mass is 9.45. The van der Waals surface area contributed by atoms with E-state index in [-0.39, 0.29) is 16.9 Å². The van der Waals surface area contributed by atoms with Crippen LogP contribution in [0.1, 0.15) is 52.9 Å². The molecule has 3 fully saturated rings. The Labute approximate surface area is 108 Å². The van der Waals surface area contributed by atoms with Crippen molar-refractivity contribution < 1.29 is 20.0 Å². The molecule has 2 bridgehead atoms. The number of hydrogen-bond acceptors (Lipinski definition) is 4. The van der Waals surface area contributed by atoms with Crippen LogP contribution in [-0.4, -0.2) is 34.1 Å². The second-order valence-corrected chi connectivity index (χ2v) is 7.16. The SMILES string of the molecule is CC1(C)CC[C@H](O)[C@@]2(C)OO[C@@H]3C[C@@]12CC[C@H]3O. The monoisotopic (exact) mass is 256 g/mol. The third kappa shape index (κ3) is 1.35. The van der Waals surface area contributed by atoms with Gasteiger partial charge < -0.3 is 10.2 Å². The van der Waals surface area contributed by atoms with Gasteiger partial charge in [-0.05, 0) is 44.4 Å². The summed E-state index contributed by atoms with van der Waals surface area (Å²) in [7, 11) is 0. The van der Waals surface area contributed by atoms with E-state index in [1.54, 1.807) is 0 Å². The standard InChI is InChI=1S/C14H24O4/c1-12(2)6-5-11(16)13(3)14(12)7-4-9(15)10(8-14)17-18-13/h9-11,15-16H,4-8H2,1-3H3/t9-,10-,11+,13-,14+/m1/s1. The van der Waals surface area contributed by atoms with Gasteiger partial charge in [-0.1, -0.05) is 13.8 Å². The molecule has 3 rings (SSSR count). The normalized spacial score (nSPS) is 54.8. The molecule has 0 aromatic rings. The van der Waals surface area contributed by atoms with Gasteiger partial charge >= 0.3 is 0 Å². The lowest BCUT2D eigenvalue weighted by Gasteiger charge is -2.66. The second-order valence-electron chi connectivity index (χ2n) is 7.16. The molecule has 2 saturated carbocycles. The van der Waals surface area contributed by atoms with Crippen LogP contribution in [0.5, 0.6) is 0 Å². The summed E-state index contributed by atoms with van der Waals surface area (Å²) in [6.45, 7) is 6.51. The molecule has 1 heterocycles. The molecule has 3 aliphatic rings. The quantitative estimate of drug-likeness (QED) is 0.649.